The van der Waals surface area contributed by atoms with Crippen LogP contribution in [0.2, 0.25) is 0 Å². The van der Waals surface area contributed by atoms with Gasteiger partial charge in [0.2, 0.25) is 0 Å². The van der Waals surface area contributed by atoms with Gasteiger partial charge in [-0.3, -0.25) is 0 Å². The van der Waals surface area contributed by atoms with Gasteiger partial charge in [-0.2, -0.15) is 0 Å². The van der Waals surface area contributed by atoms with E-state index in [-0.39, 0.29) is 17.6 Å². The smallest absolute Gasteiger partial charge is 0.407 e. The van der Waals surface area contributed by atoms with E-state index in [0.29, 0.717) is 13.0 Å². The molecule has 3 unspecified atom stereocenters. The molecule has 1 spiro atoms. The summed E-state index contributed by atoms with van der Waals surface area (Å²) in [7, 11) is 0. The fourth-order valence-corrected chi connectivity index (χ4v) is 2.79. The van der Waals surface area contributed by atoms with E-state index in [1.807, 2.05) is 20.8 Å². The molecule has 1 saturated carbocycles. The maximum Gasteiger partial charge on any atom is 0.407 e. The summed E-state index contributed by atoms with van der Waals surface area (Å²) in [4.78, 5) is 11.7. The molecule has 0 aromatic rings. The number of nitrogens with one attached hydrogen (secondary N) is 1. The highest BCUT2D eigenvalue weighted by atomic mass is 16.6. The van der Waals surface area contributed by atoms with Crippen LogP contribution in [0.3, 0.4) is 0 Å². The number of rotatable bonds is 1. The summed E-state index contributed by atoms with van der Waals surface area (Å²) in [5.41, 5.74) is -0.794. The Hall–Kier alpha value is -0.810. The first-order valence-corrected chi connectivity index (χ1v) is 6.59. The summed E-state index contributed by atoms with van der Waals surface area (Å²) in [6.45, 7) is 6.77. The van der Waals surface area contributed by atoms with Crippen molar-refractivity contribution in [2.75, 3.05) is 13.2 Å². The quantitative estimate of drug-likeness (QED) is 0.746. The van der Waals surface area contributed by atoms with Crippen LogP contribution in [0.15, 0.2) is 0 Å². The predicted octanol–water partition coefficient (Wildman–Crippen LogP) is 1.44. The molecule has 1 saturated heterocycles. The van der Waals surface area contributed by atoms with Gasteiger partial charge in [0.1, 0.15) is 5.60 Å². The van der Waals surface area contributed by atoms with Crippen LogP contribution in [-0.4, -0.2) is 42.2 Å². The summed E-state index contributed by atoms with van der Waals surface area (Å²) >= 11 is 0. The summed E-state index contributed by atoms with van der Waals surface area (Å²) < 4.78 is 10.7. The Bertz CT molecular complexity index is 317. The number of aliphatic hydroxyl groups is 1. The van der Waals surface area contributed by atoms with Crippen LogP contribution >= 0.6 is 0 Å². The van der Waals surface area contributed by atoms with Crippen LogP contribution in [0.1, 0.15) is 40.0 Å². The highest BCUT2D eigenvalue weighted by Crippen LogP contribution is 2.47. The minimum absolute atomic E-state index is 0.0392. The van der Waals surface area contributed by atoms with Crippen LogP contribution in [0.25, 0.3) is 0 Å². The van der Waals surface area contributed by atoms with Gasteiger partial charge < -0.3 is 19.9 Å². The number of alkyl carbamates (subject to hydrolysis) is 1. The first-order valence-electron chi connectivity index (χ1n) is 6.59. The van der Waals surface area contributed by atoms with Crippen LogP contribution in [0.5, 0.6) is 0 Å². The lowest BCUT2D eigenvalue weighted by atomic mass is 9.59. The minimum Gasteiger partial charge on any atom is -0.444 e. The molecule has 0 bridgehead atoms. The van der Waals surface area contributed by atoms with E-state index in [9.17, 15) is 9.90 Å². The van der Waals surface area contributed by atoms with Crippen molar-refractivity contribution in [3.63, 3.8) is 0 Å². The van der Waals surface area contributed by atoms with Gasteiger partial charge in [-0.1, -0.05) is 0 Å². The topological polar surface area (TPSA) is 67.8 Å². The molecule has 5 heteroatoms. The summed E-state index contributed by atoms with van der Waals surface area (Å²) in [5, 5.41) is 12.8. The molecule has 2 fully saturated rings. The van der Waals surface area contributed by atoms with Crippen molar-refractivity contribution >= 4 is 6.09 Å². The van der Waals surface area contributed by atoms with E-state index < -0.39 is 11.7 Å². The van der Waals surface area contributed by atoms with Gasteiger partial charge in [-0.05, 0) is 40.0 Å². The van der Waals surface area contributed by atoms with Crippen LogP contribution in [-0.2, 0) is 9.47 Å². The van der Waals surface area contributed by atoms with Gasteiger partial charge in [0, 0.05) is 18.1 Å². The van der Waals surface area contributed by atoms with Crippen LogP contribution in [0, 0.1) is 5.41 Å². The number of carbonyl (C=O) groups excluding carboxylic acids is 1. The van der Waals surface area contributed by atoms with Gasteiger partial charge in [0.05, 0.1) is 12.7 Å². The Labute approximate surface area is 108 Å². The van der Waals surface area contributed by atoms with Crippen molar-refractivity contribution in [3.05, 3.63) is 0 Å². The van der Waals surface area contributed by atoms with E-state index in [0.717, 1.165) is 19.4 Å². The highest BCUT2D eigenvalue weighted by Gasteiger charge is 2.56. The van der Waals surface area contributed by atoms with Crippen molar-refractivity contribution in [1.29, 1.82) is 0 Å². The summed E-state index contributed by atoms with van der Waals surface area (Å²) in [6, 6.07) is -0.0392. The van der Waals surface area contributed by atoms with Gasteiger partial charge in [-0.15, -0.1) is 0 Å². The molecule has 1 amide bonds. The standard InChI is InChI=1S/C13H23NO4/c1-12(2,3)18-11(16)14-9-7-10(15)13(9)5-4-6-17-8-13/h9-10,15H,4-8H2,1-3H3,(H,14,16). The Morgan fingerprint density at radius 2 is 2.22 bits per heavy atom. The molecule has 18 heavy (non-hydrogen) atoms. The molecule has 2 rings (SSSR count). The van der Waals surface area contributed by atoms with E-state index in [1.165, 1.54) is 0 Å². The monoisotopic (exact) mass is 257 g/mol. The molecule has 0 aromatic carbocycles. The lowest BCUT2D eigenvalue weighted by molar-refractivity contribution is -0.162. The number of ether oxygens (including phenoxy) is 2. The van der Waals surface area contributed by atoms with Crippen molar-refractivity contribution in [3.8, 4) is 0 Å². The minimum atomic E-state index is -0.497. The largest absolute Gasteiger partial charge is 0.444 e. The second-order valence-electron chi connectivity index (χ2n) is 6.34. The third-order valence-electron chi connectivity index (χ3n) is 3.81. The summed E-state index contributed by atoms with van der Waals surface area (Å²) in [6.07, 6.45) is 1.63. The molecule has 3 atom stereocenters. The van der Waals surface area contributed by atoms with Gasteiger partial charge in [0.25, 0.3) is 0 Å². The van der Waals surface area contributed by atoms with Crippen LogP contribution < -0.4 is 5.32 Å². The average molecular weight is 257 g/mol. The Balaban J connectivity index is 1.92. The Morgan fingerprint density at radius 1 is 1.50 bits per heavy atom. The zero-order valence-electron chi connectivity index (χ0n) is 11.4. The van der Waals surface area contributed by atoms with Gasteiger partial charge >= 0.3 is 6.09 Å². The first-order chi connectivity index (χ1) is 8.33. The SMILES string of the molecule is CC(C)(C)OC(=O)NC1CC(O)C12CCCOC2. The van der Waals surface area contributed by atoms with Gasteiger partial charge in [0.15, 0.2) is 0 Å². The highest BCUT2D eigenvalue weighted by molar-refractivity contribution is 5.68. The van der Waals surface area contributed by atoms with Crippen molar-refractivity contribution < 1.29 is 19.4 Å². The Kier molecular flexibility index (Phi) is 3.56. The van der Waals surface area contributed by atoms with Crippen molar-refractivity contribution in [2.24, 2.45) is 5.41 Å². The third-order valence-corrected chi connectivity index (χ3v) is 3.81. The number of aliphatic hydroxyl groups excluding tert-OH is 1. The summed E-state index contributed by atoms with van der Waals surface area (Å²) in [5.74, 6) is 0. The third kappa shape index (κ3) is 2.62. The average Bonchev–Trinajstić information content (AvgIpc) is 2.27. The lowest BCUT2D eigenvalue weighted by Gasteiger charge is -2.55. The first kappa shape index (κ1) is 13.6. The predicted molar refractivity (Wildman–Crippen MR) is 66.3 cm³/mol. The number of amides is 1. The zero-order chi connectivity index (χ0) is 13.4. The molecule has 2 N–H and O–H groups in total. The number of hydrogen-bond donors (Lipinski definition) is 2. The fourth-order valence-electron chi connectivity index (χ4n) is 2.79. The molecule has 0 radical (unpaired) electrons. The second-order valence-corrected chi connectivity index (χ2v) is 6.34. The van der Waals surface area contributed by atoms with E-state index in [4.69, 9.17) is 9.47 Å². The lowest BCUT2D eigenvalue weighted by Crippen LogP contribution is -2.67. The normalized spacial score (nSPS) is 36.0. The molecule has 0 aromatic heterocycles. The fraction of sp³-hybridized carbons (Fsp3) is 0.923. The number of hydrogen-bond acceptors (Lipinski definition) is 4. The molecule has 1 aliphatic heterocycles. The number of carbonyl (C=O) groups is 1. The van der Waals surface area contributed by atoms with Crippen LogP contribution in [0.4, 0.5) is 4.79 Å². The van der Waals surface area contributed by atoms with E-state index >= 15 is 0 Å². The van der Waals surface area contributed by atoms with Crippen molar-refractivity contribution in [1.82, 2.24) is 5.32 Å². The molecular weight excluding hydrogens is 234 g/mol. The van der Waals surface area contributed by atoms with E-state index in [1.54, 1.807) is 0 Å². The maximum absolute atomic E-state index is 11.7. The van der Waals surface area contributed by atoms with Gasteiger partial charge in [-0.25, -0.2) is 4.79 Å². The molecule has 1 aliphatic carbocycles. The molecule has 104 valence electrons. The molecule has 2 aliphatic rings. The van der Waals surface area contributed by atoms with Crippen molar-refractivity contribution in [2.45, 2.75) is 57.8 Å². The zero-order valence-corrected chi connectivity index (χ0v) is 11.4. The second kappa shape index (κ2) is 4.70. The van der Waals surface area contributed by atoms with E-state index in [2.05, 4.69) is 5.32 Å². The Morgan fingerprint density at radius 3 is 2.72 bits per heavy atom. The molecular formula is C13H23NO4. The maximum atomic E-state index is 11.7. The molecule has 5 nitrogen and oxygen atoms in total. The molecule has 1 heterocycles.